The van der Waals surface area contributed by atoms with Crippen LogP contribution in [0.15, 0.2) is 42.6 Å². The maximum atomic E-state index is 13.5. The number of nitrogens with zero attached hydrogens (tertiary/aromatic N) is 4. The molecule has 0 bridgehead atoms. The van der Waals surface area contributed by atoms with Gasteiger partial charge in [0.05, 0.1) is 11.0 Å². The van der Waals surface area contributed by atoms with Gasteiger partial charge in [-0.05, 0) is 50.6 Å². The van der Waals surface area contributed by atoms with Gasteiger partial charge < -0.3 is 14.4 Å². The van der Waals surface area contributed by atoms with Crippen molar-refractivity contribution in [3.63, 3.8) is 0 Å². The molecular weight excluding hydrogens is 396 g/mol. The lowest BCUT2D eigenvalue weighted by Crippen LogP contribution is -2.54. The number of fused-ring (bicyclic) bond motifs is 1. The standard InChI is InChI=1S/C23H30N4O4/c1-16(2)22(29)26(23(3,4)5)15-20(28)25-14-13-24-12-6-7-19(24)21(25)17-8-10-18(11-9-17)27(30)31/h6-12,16,21H,13-15H2,1-5H3. The van der Waals surface area contributed by atoms with Crippen molar-refractivity contribution in [1.82, 2.24) is 14.4 Å². The van der Waals surface area contributed by atoms with Gasteiger partial charge in [-0.2, -0.15) is 0 Å². The molecular formula is C23H30N4O4. The number of non-ortho nitro benzene ring substituents is 1. The number of carbonyl (C=O) groups is 2. The van der Waals surface area contributed by atoms with Gasteiger partial charge in [0.15, 0.2) is 0 Å². The van der Waals surface area contributed by atoms with Crippen molar-refractivity contribution in [2.24, 2.45) is 5.92 Å². The summed E-state index contributed by atoms with van der Waals surface area (Å²) in [5.41, 5.74) is 1.27. The molecule has 2 aromatic rings. The highest BCUT2D eigenvalue weighted by molar-refractivity contribution is 5.86. The second-order valence-corrected chi connectivity index (χ2v) is 9.21. The minimum atomic E-state index is -0.490. The fourth-order valence-electron chi connectivity index (χ4n) is 3.96. The van der Waals surface area contributed by atoms with E-state index in [4.69, 9.17) is 0 Å². The number of carbonyl (C=O) groups excluding carboxylic acids is 2. The van der Waals surface area contributed by atoms with Crippen LogP contribution >= 0.6 is 0 Å². The van der Waals surface area contributed by atoms with Crippen molar-refractivity contribution in [2.75, 3.05) is 13.1 Å². The summed E-state index contributed by atoms with van der Waals surface area (Å²) in [5.74, 6) is -0.413. The summed E-state index contributed by atoms with van der Waals surface area (Å²) in [7, 11) is 0. The smallest absolute Gasteiger partial charge is 0.269 e. The molecule has 1 aromatic carbocycles. The molecule has 31 heavy (non-hydrogen) atoms. The maximum Gasteiger partial charge on any atom is 0.269 e. The van der Waals surface area contributed by atoms with Crippen molar-refractivity contribution in [3.05, 3.63) is 64.0 Å². The van der Waals surface area contributed by atoms with Crippen LogP contribution in [0.2, 0.25) is 0 Å². The van der Waals surface area contributed by atoms with Crippen LogP contribution in [0.1, 0.15) is 51.9 Å². The lowest BCUT2D eigenvalue weighted by Gasteiger charge is -2.41. The summed E-state index contributed by atoms with van der Waals surface area (Å²) in [5, 5.41) is 11.1. The van der Waals surface area contributed by atoms with Crippen molar-refractivity contribution in [3.8, 4) is 0 Å². The molecule has 0 fully saturated rings. The number of aromatic nitrogens is 1. The van der Waals surface area contributed by atoms with Gasteiger partial charge in [0.25, 0.3) is 5.69 Å². The molecule has 8 nitrogen and oxygen atoms in total. The zero-order chi connectivity index (χ0) is 22.9. The third-order valence-electron chi connectivity index (χ3n) is 5.64. The molecule has 166 valence electrons. The molecule has 1 aliphatic heterocycles. The second-order valence-electron chi connectivity index (χ2n) is 9.21. The number of hydrogen-bond donors (Lipinski definition) is 0. The van der Waals surface area contributed by atoms with E-state index in [0.717, 1.165) is 11.3 Å². The first-order chi connectivity index (χ1) is 14.5. The van der Waals surface area contributed by atoms with Gasteiger partial charge in [0, 0.05) is 48.6 Å². The lowest BCUT2D eigenvalue weighted by atomic mass is 9.98. The minimum absolute atomic E-state index is 0.00857. The van der Waals surface area contributed by atoms with E-state index in [0.29, 0.717) is 13.1 Å². The Hall–Kier alpha value is -3.16. The van der Waals surface area contributed by atoms with Gasteiger partial charge in [-0.15, -0.1) is 0 Å². The molecule has 0 saturated carbocycles. The van der Waals surface area contributed by atoms with Gasteiger partial charge in [-0.1, -0.05) is 13.8 Å². The highest BCUT2D eigenvalue weighted by atomic mass is 16.6. The van der Waals surface area contributed by atoms with Crippen LogP contribution in [0.3, 0.4) is 0 Å². The summed E-state index contributed by atoms with van der Waals surface area (Å²) >= 11 is 0. The number of rotatable bonds is 5. The van der Waals surface area contributed by atoms with Crippen molar-refractivity contribution < 1.29 is 14.5 Å². The van der Waals surface area contributed by atoms with E-state index in [-0.39, 0.29) is 36.0 Å². The number of benzene rings is 1. The first-order valence-corrected chi connectivity index (χ1v) is 10.5. The predicted molar refractivity (Wildman–Crippen MR) is 117 cm³/mol. The third-order valence-corrected chi connectivity index (χ3v) is 5.64. The van der Waals surface area contributed by atoms with Crippen molar-refractivity contribution in [1.29, 1.82) is 0 Å². The van der Waals surface area contributed by atoms with E-state index >= 15 is 0 Å². The molecule has 0 aliphatic carbocycles. The Morgan fingerprint density at radius 1 is 1.16 bits per heavy atom. The average Bonchev–Trinajstić information content (AvgIpc) is 3.18. The van der Waals surface area contributed by atoms with Crippen LogP contribution in [-0.2, 0) is 16.1 Å². The molecule has 8 heteroatoms. The van der Waals surface area contributed by atoms with E-state index < -0.39 is 10.5 Å². The molecule has 0 N–H and O–H groups in total. The van der Waals surface area contributed by atoms with Crippen LogP contribution in [0, 0.1) is 16.0 Å². The molecule has 2 heterocycles. The summed E-state index contributed by atoms with van der Waals surface area (Å²) in [6.45, 7) is 10.6. The van der Waals surface area contributed by atoms with Crippen LogP contribution in [-0.4, -0.2) is 49.7 Å². The molecule has 0 spiro atoms. The Kier molecular flexibility index (Phi) is 6.20. The Morgan fingerprint density at radius 3 is 2.35 bits per heavy atom. The largest absolute Gasteiger partial charge is 0.348 e. The van der Waals surface area contributed by atoms with Crippen LogP contribution in [0.5, 0.6) is 0 Å². The molecule has 1 aromatic heterocycles. The summed E-state index contributed by atoms with van der Waals surface area (Å²) < 4.78 is 2.09. The molecule has 3 rings (SSSR count). The van der Waals surface area contributed by atoms with Crippen LogP contribution in [0.25, 0.3) is 0 Å². The molecule has 1 aliphatic rings. The van der Waals surface area contributed by atoms with E-state index in [1.807, 2.05) is 52.9 Å². The number of amides is 2. The first kappa shape index (κ1) is 22.5. The van der Waals surface area contributed by atoms with Crippen molar-refractivity contribution >= 4 is 17.5 Å². The van der Waals surface area contributed by atoms with E-state index in [9.17, 15) is 19.7 Å². The zero-order valence-electron chi connectivity index (χ0n) is 18.7. The molecule has 1 unspecified atom stereocenters. The topological polar surface area (TPSA) is 88.7 Å². The monoisotopic (exact) mass is 426 g/mol. The number of nitro benzene ring substituents is 1. The Labute approximate surface area is 182 Å². The van der Waals surface area contributed by atoms with Crippen LogP contribution in [0.4, 0.5) is 5.69 Å². The highest BCUT2D eigenvalue weighted by Gasteiger charge is 2.36. The van der Waals surface area contributed by atoms with E-state index in [2.05, 4.69) is 4.57 Å². The Morgan fingerprint density at radius 2 is 1.81 bits per heavy atom. The first-order valence-electron chi connectivity index (χ1n) is 10.5. The maximum absolute atomic E-state index is 13.5. The fraction of sp³-hybridized carbons (Fsp3) is 0.478. The zero-order valence-corrected chi connectivity index (χ0v) is 18.7. The average molecular weight is 427 g/mol. The summed E-state index contributed by atoms with van der Waals surface area (Å²) in [6, 6.07) is 9.86. The lowest BCUT2D eigenvalue weighted by molar-refractivity contribution is -0.384. The Bertz CT molecular complexity index is 972. The fourth-order valence-corrected chi connectivity index (χ4v) is 3.96. The Balaban J connectivity index is 1.95. The molecule has 2 amide bonds. The van der Waals surface area contributed by atoms with Gasteiger partial charge in [-0.3, -0.25) is 19.7 Å². The second kappa shape index (κ2) is 8.53. The third kappa shape index (κ3) is 4.62. The number of nitro groups is 1. The molecule has 0 saturated heterocycles. The molecule has 1 atom stereocenters. The minimum Gasteiger partial charge on any atom is -0.348 e. The predicted octanol–water partition coefficient (Wildman–Crippen LogP) is 3.61. The SMILES string of the molecule is CC(C)C(=O)N(CC(=O)N1CCn2cccc2C1c1ccc([N+](=O)[O-])cc1)C(C)(C)C. The summed E-state index contributed by atoms with van der Waals surface area (Å²) in [4.78, 5) is 40.3. The van der Waals surface area contributed by atoms with E-state index in [1.165, 1.54) is 12.1 Å². The summed E-state index contributed by atoms with van der Waals surface area (Å²) in [6.07, 6.45) is 1.97. The van der Waals surface area contributed by atoms with Gasteiger partial charge in [0.2, 0.25) is 11.8 Å². The molecule has 0 radical (unpaired) electrons. The van der Waals surface area contributed by atoms with E-state index in [1.54, 1.807) is 21.9 Å². The van der Waals surface area contributed by atoms with Crippen molar-refractivity contribution in [2.45, 2.75) is 52.7 Å². The van der Waals surface area contributed by atoms with Crippen LogP contribution < -0.4 is 0 Å². The quantitative estimate of drug-likeness (QED) is 0.540. The number of hydrogen-bond acceptors (Lipinski definition) is 4. The van der Waals surface area contributed by atoms with Gasteiger partial charge in [-0.25, -0.2) is 0 Å². The van der Waals surface area contributed by atoms with Gasteiger partial charge >= 0.3 is 0 Å². The van der Waals surface area contributed by atoms with Gasteiger partial charge in [0.1, 0.15) is 6.54 Å². The normalized spacial score (nSPS) is 16.2. The highest BCUT2D eigenvalue weighted by Crippen LogP contribution is 2.33.